The molecule has 0 heterocycles. The third kappa shape index (κ3) is 5.85. The first kappa shape index (κ1) is 18.2. The minimum Gasteiger partial charge on any atom is -0.496 e. The minimum absolute atomic E-state index is 0.312. The zero-order valence-corrected chi connectivity index (χ0v) is 13.9. The van der Waals surface area contributed by atoms with Crippen LogP contribution in [0.4, 0.5) is 4.79 Å². The first-order valence-electron chi connectivity index (χ1n) is 6.85. The minimum atomic E-state index is -0.643. The second kappa shape index (κ2) is 9.94. The Kier molecular flexibility index (Phi) is 8.21. The zero-order valence-electron chi connectivity index (χ0n) is 13.0. The van der Waals surface area contributed by atoms with Gasteiger partial charge in [-0.05, 0) is 24.5 Å². The fourth-order valence-electron chi connectivity index (χ4n) is 1.86. The molecule has 0 saturated heterocycles. The number of esters is 1. The number of benzene rings is 1. The fourth-order valence-corrected chi connectivity index (χ4v) is 2.33. The summed E-state index contributed by atoms with van der Waals surface area (Å²) in [6.07, 6.45) is 2.46. The van der Waals surface area contributed by atoms with E-state index in [9.17, 15) is 9.59 Å². The van der Waals surface area contributed by atoms with Crippen LogP contribution in [0, 0.1) is 0 Å². The van der Waals surface area contributed by atoms with Gasteiger partial charge in [0, 0.05) is 12.1 Å². The number of rotatable bonds is 8. The summed E-state index contributed by atoms with van der Waals surface area (Å²) in [5, 5.41) is 5.35. The Bertz CT molecular complexity index is 496. The lowest BCUT2D eigenvalue weighted by Gasteiger charge is -2.17. The van der Waals surface area contributed by atoms with Gasteiger partial charge in [0.2, 0.25) is 0 Å². The first-order valence-corrected chi connectivity index (χ1v) is 8.24. The molecule has 7 heteroatoms. The summed E-state index contributed by atoms with van der Waals surface area (Å²) in [7, 11) is 2.89. The van der Waals surface area contributed by atoms with Gasteiger partial charge in [0.15, 0.2) is 0 Å². The van der Waals surface area contributed by atoms with Gasteiger partial charge >= 0.3 is 12.0 Å². The molecule has 2 N–H and O–H groups in total. The topological polar surface area (TPSA) is 76.7 Å². The predicted molar refractivity (Wildman–Crippen MR) is 87.2 cm³/mol. The smallest absolute Gasteiger partial charge is 0.328 e. The summed E-state index contributed by atoms with van der Waals surface area (Å²) in [4.78, 5) is 23.6. The van der Waals surface area contributed by atoms with E-state index in [0.29, 0.717) is 18.7 Å². The molecule has 0 spiro atoms. The summed E-state index contributed by atoms with van der Waals surface area (Å²) >= 11 is 1.60. The lowest BCUT2D eigenvalue weighted by atomic mass is 10.2. The number of carbonyl (C=O) groups is 2. The van der Waals surface area contributed by atoms with E-state index >= 15 is 0 Å². The molecule has 0 aliphatic heterocycles. The molecule has 0 fully saturated rings. The van der Waals surface area contributed by atoms with Crippen molar-refractivity contribution >= 4 is 23.8 Å². The average molecular weight is 326 g/mol. The third-order valence-electron chi connectivity index (χ3n) is 3.03. The van der Waals surface area contributed by atoms with Crippen molar-refractivity contribution in [3.63, 3.8) is 0 Å². The molecular weight excluding hydrogens is 304 g/mol. The molecular formula is C15H22N2O4S. The van der Waals surface area contributed by atoms with E-state index in [4.69, 9.17) is 9.47 Å². The zero-order chi connectivity index (χ0) is 16.4. The van der Waals surface area contributed by atoms with Crippen LogP contribution in [0.2, 0.25) is 0 Å². The van der Waals surface area contributed by atoms with Crippen molar-refractivity contribution in [2.45, 2.75) is 19.0 Å². The van der Waals surface area contributed by atoms with Gasteiger partial charge in [-0.1, -0.05) is 18.2 Å². The van der Waals surface area contributed by atoms with Crippen molar-refractivity contribution in [3.05, 3.63) is 29.8 Å². The second-order valence-corrected chi connectivity index (χ2v) is 5.48. The number of ether oxygens (including phenoxy) is 2. The molecule has 1 atom stereocenters. The SMILES string of the molecule is COC(=O)C(CCSC)NC(=O)NCc1ccccc1OC. The van der Waals surface area contributed by atoms with Crippen LogP contribution in [0.25, 0.3) is 0 Å². The summed E-state index contributed by atoms with van der Waals surface area (Å²) in [5.74, 6) is 1.02. The molecule has 1 unspecified atom stereocenters. The Labute approximate surface area is 134 Å². The van der Waals surface area contributed by atoms with Crippen molar-refractivity contribution in [2.24, 2.45) is 0 Å². The number of nitrogens with one attached hydrogen (secondary N) is 2. The van der Waals surface area contributed by atoms with Gasteiger partial charge in [0.1, 0.15) is 11.8 Å². The maximum absolute atomic E-state index is 11.9. The molecule has 0 bridgehead atoms. The second-order valence-electron chi connectivity index (χ2n) is 4.50. The molecule has 6 nitrogen and oxygen atoms in total. The molecule has 1 aromatic rings. The Morgan fingerprint density at radius 1 is 1.27 bits per heavy atom. The summed E-state index contributed by atoms with van der Waals surface area (Å²) in [6, 6.07) is 6.36. The standard InChI is InChI=1S/C15H22N2O4S/c1-20-13-7-5-4-6-11(13)10-16-15(19)17-12(8-9-22-3)14(18)21-2/h4-7,12H,8-10H2,1-3H3,(H2,16,17,19). The highest BCUT2D eigenvalue weighted by Crippen LogP contribution is 2.16. The number of hydrogen-bond acceptors (Lipinski definition) is 5. The van der Waals surface area contributed by atoms with Crippen molar-refractivity contribution in [2.75, 3.05) is 26.2 Å². The molecule has 0 aliphatic rings. The van der Waals surface area contributed by atoms with Crippen LogP contribution in [0.1, 0.15) is 12.0 Å². The van der Waals surface area contributed by atoms with Gasteiger partial charge < -0.3 is 20.1 Å². The number of thioether (sulfide) groups is 1. The Morgan fingerprint density at radius 2 is 2.00 bits per heavy atom. The van der Waals surface area contributed by atoms with E-state index in [1.54, 1.807) is 18.9 Å². The van der Waals surface area contributed by atoms with E-state index in [1.165, 1.54) is 7.11 Å². The molecule has 1 aromatic carbocycles. The number of para-hydroxylation sites is 1. The number of amides is 2. The highest BCUT2D eigenvalue weighted by molar-refractivity contribution is 7.98. The van der Waals surface area contributed by atoms with Crippen LogP contribution in [-0.2, 0) is 16.1 Å². The summed E-state index contributed by atoms with van der Waals surface area (Å²) < 4.78 is 9.92. The van der Waals surface area contributed by atoms with Crippen LogP contribution >= 0.6 is 11.8 Å². The lowest BCUT2D eigenvalue weighted by Crippen LogP contribution is -2.46. The van der Waals surface area contributed by atoms with Gasteiger partial charge in [-0.2, -0.15) is 11.8 Å². The summed E-state index contributed by atoms with van der Waals surface area (Å²) in [6.45, 7) is 0.312. The van der Waals surface area contributed by atoms with Crippen LogP contribution in [0.3, 0.4) is 0 Å². The van der Waals surface area contributed by atoms with E-state index in [0.717, 1.165) is 11.3 Å². The van der Waals surface area contributed by atoms with Gasteiger partial charge in [0.05, 0.1) is 14.2 Å². The number of hydrogen-bond donors (Lipinski definition) is 2. The molecule has 0 saturated carbocycles. The third-order valence-corrected chi connectivity index (χ3v) is 3.68. The number of methoxy groups -OCH3 is 2. The highest BCUT2D eigenvalue weighted by atomic mass is 32.2. The maximum Gasteiger partial charge on any atom is 0.328 e. The Hall–Kier alpha value is -1.89. The van der Waals surface area contributed by atoms with Crippen molar-refractivity contribution in [3.8, 4) is 5.75 Å². The normalized spacial score (nSPS) is 11.4. The van der Waals surface area contributed by atoms with Gasteiger partial charge in [0.25, 0.3) is 0 Å². The predicted octanol–water partition coefficient (Wildman–Crippen LogP) is 1.79. The molecule has 122 valence electrons. The molecule has 22 heavy (non-hydrogen) atoms. The van der Waals surface area contributed by atoms with Crippen LogP contribution in [0.15, 0.2) is 24.3 Å². The number of carbonyl (C=O) groups excluding carboxylic acids is 2. The van der Waals surface area contributed by atoms with Gasteiger partial charge in [-0.15, -0.1) is 0 Å². The van der Waals surface area contributed by atoms with E-state index in [-0.39, 0.29) is 0 Å². The highest BCUT2D eigenvalue weighted by Gasteiger charge is 2.20. The largest absolute Gasteiger partial charge is 0.496 e. The van der Waals surface area contributed by atoms with Crippen LogP contribution in [-0.4, -0.2) is 44.3 Å². The van der Waals surface area contributed by atoms with Crippen LogP contribution in [0.5, 0.6) is 5.75 Å². The van der Waals surface area contributed by atoms with Crippen molar-refractivity contribution in [1.82, 2.24) is 10.6 Å². The van der Waals surface area contributed by atoms with Gasteiger partial charge in [-0.3, -0.25) is 0 Å². The van der Waals surface area contributed by atoms with E-state index in [2.05, 4.69) is 10.6 Å². The van der Waals surface area contributed by atoms with E-state index in [1.807, 2.05) is 30.5 Å². The number of urea groups is 1. The lowest BCUT2D eigenvalue weighted by molar-refractivity contribution is -0.142. The molecule has 0 aromatic heterocycles. The fraction of sp³-hybridized carbons (Fsp3) is 0.467. The Balaban J connectivity index is 2.54. The molecule has 0 radical (unpaired) electrons. The van der Waals surface area contributed by atoms with Crippen molar-refractivity contribution < 1.29 is 19.1 Å². The van der Waals surface area contributed by atoms with Crippen LogP contribution < -0.4 is 15.4 Å². The molecule has 1 rings (SSSR count). The Morgan fingerprint density at radius 3 is 2.64 bits per heavy atom. The monoisotopic (exact) mass is 326 g/mol. The van der Waals surface area contributed by atoms with Crippen molar-refractivity contribution in [1.29, 1.82) is 0 Å². The van der Waals surface area contributed by atoms with E-state index < -0.39 is 18.0 Å². The first-order chi connectivity index (χ1) is 10.6. The maximum atomic E-state index is 11.9. The average Bonchev–Trinajstić information content (AvgIpc) is 2.56. The molecule has 2 amide bonds. The molecule has 0 aliphatic carbocycles. The van der Waals surface area contributed by atoms with Gasteiger partial charge in [-0.25, -0.2) is 9.59 Å². The quantitative estimate of drug-likeness (QED) is 0.712. The summed E-state index contributed by atoms with van der Waals surface area (Å²) in [5.41, 5.74) is 0.860.